The van der Waals surface area contributed by atoms with Gasteiger partial charge in [-0.1, -0.05) is 42.5 Å². The predicted octanol–water partition coefficient (Wildman–Crippen LogP) is 3.58. The van der Waals surface area contributed by atoms with Crippen LogP contribution in [0.25, 0.3) is 0 Å². The number of carbonyl (C=O) groups excluding carboxylic acids is 2. The van der Waals surface area contributed by atoms with Crippen LogP contribution in [0.15, 0.2) is 54.6 Å². The van der Waals surface area contributed by atoms with E-state index < -0.39 is 17.5 Å². The maximum absolute atomic E-state index is 13.1. The Balaban J connectivity index is 1.81. The summed E-state index contributed by atoms with van der Waals surface area (Å²) in [5.41, 5.74) is 1.03. The molecule has 0 N–H and O–H groups in total. The van der Waals surface area contributed by atoms with Crippen molar-refractivity contribution in [1.29, 1.82) is 0 Å². The Labute approximate surface area is 158 Å². The summed E-state index contributed by atoms with van der Waals surface area (Å²) in [7, 11) is 2.77. The molecule has 2 fully saturated rings. The van der Waals surface area contributed by atoms with Crippen LogP contribution < -0.4 is 0 Å². The Bertz CT molecular complexity index is 854. The monoisotopic (exact) mass is 366 g/mol. The van der Waals surface area contributed by atoms with Crippen LogP contribution in [-0.2, 0) is 24.4 Å². The Morgan fingerprint density at radius 2 is 1.63 bits per heavy atom. The Hall–Kier alpha value is -2.66. The topological polar surface area (TPSA) is 61.8 Å². The Morgan fingerprint density at radius 1 is 0.963 bits per heavy atom. The van der Waals surface area contributed by atoms with Gasteiger partial charge in [0.25, 0.3) is 0 Å². The molecule has 1 aliphatic heterocycles. The minimum atomic E-state index is -0.903. The number of rotatable bonds is 4. The quantitative estimate of drug-likeness (QED) is 0.774. The first-order valence-electron chi connectivity index (χ1n) is 9.05. The molecular weight excluding hydrogens is 344 g/mol. The highest BCUT2D eigenvalue weighted by atomic mass is 16.5. The normalized spacial score (nSPS) is 25.2. The summed E-state index contributed by atoms with van der Waals surface area (Å²) in [5.74, 6) is -0.686. The van der Waals surface area contributed by atoms with E-state index in [9.17, 15) is 9.59 Å². The molecule has 2 aromatic carbocycles. The maximum atomic E-state index is 13.1. The van der Waals surface area contributed by atoms with Gasteiger partial charge in [-0.25, -0.2) is 4.79 Å². The number of carbonyl (C=O) groups is 2. The van der Waals surface area contributed by atoms with Crippen molar-refractivity contribution in [2.45, 2.75) is 36.4 Å². The molecule has 1 aliphatic carbocycles. The molecule has 27 heavy (non-hydrogen) atoms. The van der Waals surface area contributed by atoms with Crippen molar-refractivity contribution >= 4 is 11.9 Å². The zero-order valence-electron chi connectivity index (χ0n) is 15.4. The number of hydrogen-bond acceptors (Lipinski definition) is 5. The van der Waals surface area contributed by atoms with Crippen LogP contribution in [0.2, 0.25) is 0 Å². The second-order valence-corrected chi connectivity index (χ2v) is 7.30. The van der Waals surface area contributed by atoms with Crippen LogP contribution in [-0.4, -0.2) is 31.8 Å². The second-order valence-electron chi connectivity index (χ2n) is 7.30. The van der Waals surface area contributed by atoms with Crippen LogP contribution in [0.5, 0.6) is 0 Å². The molecule has 2 aromatic rings. The summed E-state index contributed by atoms with van der Waals surface area (Å²) >= 11 is 0. The molecule has 1 saturated carbocycles. The SMILES string of the molecule is COC(=O)c1ccc([C@@H]2OC3(CC3)C[C@@]2(C(=O)OC)c2ccccc2)cc1. The van der Waals surface area contributed by atoms with E-state index in [2.05, 4.69) is 0 Å². The summed E-state index contributed by atoms with van der Waals surface area (Å²) in [4.78, 5) is 24.8. The maximum Gasteiger partial charge on any atom is 0.337 e. The molecule has 2 aliphatic rings. The standard InChI is InChI=1S/C22H22O5/c1-25-19(23)16-10-8-15(9-11-16)18-22(20(24)26-2,14-21(27-18)12-13-21)17-6-4-3-5-7-17/h3-11,18H,12-14H2,1-2H3/t18-,22+/m0/s1. The van der Waals surface area contributed by atoms with E-state index in [-0.39, 0.29) is 11.6 Å². The summed E-state index contributed by atoms with van der Waals surface area (Å²) < 4.78 is 16.5. The van der Waals surface area contributed by atoms with Gasteiger partial charge < -0.3 is 14.2 Å². The first-order valence-corrected chi connectivity index (χ1v) is 9.05. The summed E-state index contributed by atoms with van der Waals surface area (Å²) in [6, 6.07) is 16.8. The van der Waals surface area contributed by atoms with E-state index in [1.165, 1.54) is 14.2 Å². The largest absolute Gasteiger partial charge is 0.468 e. The third-order valence-electron chi connectivity index (χ3n) is 5.70. The zero-order valence-corrected chi connectivity index (χ0v) is 15.4. The molecule has 5 nitrogen and oxygen atoms in total. The molecule has 0 unspecified atom stereocenters. The third kappa shape index (κ3) is 2.82. The summed E-state index contributed by atoms with van der Waals surface area (Å²) in [6.07, 6.45) is 2.01. The van der Waals surface area contributed by atoms with Crippen molar-refractivity contribution in [1.82, 2.24) is 0 Å². The first-order chi connectivity index (χ1) is 13.0. The zero-order chi connectivity index (χ0) is 19.1. The first kappa shape index (κ1) is 17.7. The van der Waals surface area contributed by atoms with E-state index in [0.29, 0.717) is 12.0 Å². The van der Waals surface area contributed by atoms with Crippen LogP contribution >= 0.6 is 0 Å². The molecule has 1 heterocycles. The van der Waals surface area contributed by atoms with Crippen LogP contribution in [0.1, 0.15) is 46.9 Å². The predicted molar refractivity (Wildman–Crippen MR) is 98.3 cm³/mol. The molecule has 0 amide bonds. The highest BCUT2D eigenvalue weighted by molar-refractivity contribution is 5.89. The highest BCUT2D eigenvalue weighted by Crippen LogP contribution is 2.62. The van der Waals surface area contributed by atoms with Crippen LogP contribution in [0.4, 0.5) is 0 Å². The van der Waals surface area contributed by atoms with Crippen molar-refractivity contribution in [3.63, 3.8) is 0 Å². The van der Waals surface area contributed by atoms with Gasteiger partial charge in [-0.05, 0) is 42.5 Å². The second kappa shape index (κ2) is 6.50. The molecule has 2 atom stereocenters. The molecule has 1 spiro atoms. The van der Waals surface area contributed by atoms with E-state index in [1.54, 1.807) is 12.1 Å². The molecule has 140 valence electrons. The van der Waals surface area contributed by atoms with Gasteiger partial charge in [-0.3, -0.25) is 4.79 Å². The van der Waals surface area contributed by atoms with Crippen LogP contribution in [0.3, 0.4) is 0 Å². The highest BCUT2D eigenvalue weighted by Gasteiger charge is 2.66. The van der Waals surface area contributed by atoms with Gasteiger partial charge in [0, 0.05) is 0 Å². The number of methoxy groups -OCH3 is 2. The fourth-order valence-corrected chi connectivity index (χ4v) is 4.16. The summed E-state index contributed by atoms with van der Waals surface area (Å²) in [5, 5.41) is 0. The third-order valence-corrected chi connectivity index (χ3v) is 5.70. The van der Waals surface area contributed by atoms with Crippen molar-refractivity contribution in [2.24, 2.45) is 0 Å². The molecular formula is C22H22O5. The van der Waals surface area contributed by atoms with Gasteiger partial charge >= 0.3 is 11.9 Å². The van der Waals surface area contributed by atoms with Crippen molar-refractivity contribution in [3.05, 3.63) is 71.3 Å². The molecule has 4 rings (SSSR count). The average Bonchev–Trinajstić information content (AvgIpc) is 3.39. The summed E-state index contributed by atoms with van der Waals surface area (Å²) in [6.45, 7) is 0. The lowest BCUT2D eigenvalue weighted by Gasteiger charge is -2.32. The van der Waals surface area contributed by atoms with Gasteiger partial charge in [-0.2, -0.15) is 0 Å². The number of ether oxygens (including phenoxy) is 3. The van der Waals surface area contributed by atoms with E-state index >= 15 is 0 Å². The van der Waals surface area contributed by atoms with Gasteiger partial charge in [0.15, 0.2) is 0 Å². The smallest absolute Gasteiger partial charge is 0.337 e. The fraction of sp³-hybridized carbons (Fsp3) is 0.364. The number of hydrogen-bond donors (Lipinski definition) is 0. The molecule has 0 radical (unpaired) electrons. The van der Waals surface area contributed by atoms with Crippen molar-refractivity contribution in [3.8, 4) is 0 Å². The molecule has 0 bridgehead atoms. The van der Waals surface area contributed by atoms with Crippen molar-refractivity contribution in [2.75, 3.05) is 14.2 Å². The van der Waals surface area contributed by atoms with Gasteiger partial charge in [0.2, 0.25) is 0 Å². The Kier molecular flexibility index (Phi) is 4.27. The van der Waals surface area contributed by atoms with Gasteiger partial charge in [0.1, 0.15) is 11.5 Å². The molecule has 0 aromatic heterocycles. The Morgan fingerprint density at radius 3 is 2.19 bits per heavy atom. The fourth-order valence-electron chi connectivity index (χ4n) is 4.16. The van der Waals surface area contributed by atoms with E-state index in [4.69, 9.17) is 14.2 Å². The van der Waals surface area contributed by atoms with Crippen LogP contribution in [0, 0.1) is 0 Å². The van der Waals surface area contributed by atoms with Gasteiger partial charge in [0.05, 0.1) is 25.4 Å². The van der Waals surface area contributed by atoms with Crippen molar-refractivity contribution < 1.29 is 23.8 Å². The van der Waals surface area contributed by atoms with E-state index in [0.717, 1.165) is 24.0 Å². The minimum Gasteiger partial charge on any atom is -0.468 e. The lowest BCUT2D eigenvalue weighted by Crippen LogP contribution is -2.40. The van der Waals surface area contributed by atoms with Gasteiger partial charge in [-0.15, -0.1) is 0 Å². The lowest BCUT2D eigenvalue weighted by atomic mass is 9.71. The number of esters is 2. The average molecular weight is 366 g/mol. The number of benzene rings is 2. The van der Waals surface area contributed by atoms with E-state index in [1.807, 2.05) is 42.5 Å². The minimum absolute atomic E-state index is 0.268. The molecule has 1 saturated heterocycles. The molecule has 5 heteroatoms. The lowest BCUT2D eigenvalue weighted by molar-refractivity contribution is -0.150.